The third-order valence-electron chi connectivity index (χ3n) is 1.91. The van der Waals surface area contributed by atoms with Gasteiger partial charge in [0, 0.05) is 11.1 Å². The highest BCUT2D eigenvalue weighted by Crippen LogP contribution is 2.24. The van der Waals surface area contributed by atoms with Gasteiger partial charge in [-0.2, -0.15) is 8.78 Å². The minimum atomic E-state index is -3.07. The van der Waals surface area contributed by atoms with Crippen LogP contribution in [-0.2, 0) is 17.1 Å². The maximum atomic E-state index is 13.6. The quantitative estimate of drug-likeness (QED) is 0.835. The van der Waals surface area contributed by atoms with E-state index < -0.39 is 24.8 Å². The molecule has 0 aliphatic carbocycles. The van der Waals surface area contributed by atoms with Gasteiger partial charge in [-0.05, 0) is 12.1 Å². The molecule has 0 bridgehead atoms. The highest BCUT2D eigenvalue weighted by atomic mass is 35.5. The van der Waals surface area contributed by atoms with Crippen LogP contribution in [0.4, 0.5) is 13.2 Å². The molecule has 0 aliphatic rings. The van der Waals surface area contributed by atoms with Crippen LogP contribution in [0, 0.1) is 5.82 Å². The molecule has 1 aromatic rings. The van der Waals surface area contributed by atoms with Crippen LogP contribution in [0.25, 0.3) is 0 Å². The Bertz CT molecular complexity index is 424. The van der Waals surface area contributed by atoms with Gasteiger partial charge in [0.2, 0.25) is 0 Å². The lowest BCUT2D eigenvalue weighted by Crippen LogP contribution is -2.07. The Labute approximate surface area is 99.8 Å². The van der Waals surface area contributed by atoms with Crippen LogP contribution in [0.1, 0.15) is 11.1 Å². The molecule has 3 nitrogen and oxygen atoms in total. The van der Waals surface area contributed by atoms with Crippen molar-refractivity contribution in [1.82, 2.24) is 0 Å². The lowest BCUT2D eigenvalue weighted by Gasteiger charge is -2.10. The summed E-state index contributed by atoms with van der Waals surface area (Å²) in [6.45, 7) is -3.07. The molecule has 94 valence electrons. The zero-order chi connectivity index (χ0) is 13.0. The van der Waals surface area contributed by atoms with Gasteiger partial charge in [-0.1, -0.05) is 0 Å². The normalized spacial score (nSPS) is 10.6. The predicted molar refractivity (Wildman–Crippen MR) is 53.9 cm³/mol. The summed E-state index contributed by atoms with van der Waals surface area (Å²) >= 11 is 5.42. The number of carboxylic acid groups (broad SMARTS) is 1. The standard InChI is InChI=1S/C10H8ClF3O3/c11-4-6-2-7(17-10(13)14)1-5(9(6)12)3-8(15)16/h1-2,10H,3-4H2,(H,15,16). The predicted octanol–water partition coefficient (Wildman–Crippen LogP) is 2.79. The van der Waals surface area contributed by atoms with Crippen LogP contribution >= 0.6 is 11.6 Å². The molecule has 0 saturated carbocycles. The Morgan fingerprint density at radius 1 is 1.41 bits per heavy atom. The number of benzene rings is 1. The zero-order valence-electron chi connectivity index (χ0n) is 8.42. The molecular weight excluding hydrogens is 261 g/mol. The molecule has 0 fully saturated rings. The Morgan fingerprint density at radius 2 is 2.00 bits per heavy atom. The number of ether oxygens (including phenoxy) is 1. The number of halogens is 4. The summed E-state index contributed by atoms with van der Waals surface area (Å²) in [6.07, 6.45) is -0.629. The molecule has 0 radical (unpaired) electrons. The number of aliphatic carboxylic acids is 1. The molecular formula is C10H8ClF3O3. The fourth-order valence-corrected chi connectivity index (χ4v) is 1.47. The van der Waals surface area contributed by atoms with Crippen molar-refractivity contribution in [3.8, 4) is 5.75 Å². The van der Waals surface area contributed by atoms with Crippen molar-refractivity contribution in [1.29, 1.82) is 0 Å². The Balaban J connectivity index is 3.13. The van der Waals surface area contributed by atoms with Gasteiger partial charge in [-0.25, -0.2) is 4.39 Å². The van der Waals surface area contributed by atoms with Crippen molar-refractivity contribution in [3.05, 3.63) is 29.1 Å². The number of rotatable bonds is 5. The zero-order valence-corrected chi connectivity index (χ0v) is 9.18. The molecule has 1 N–H and O–H groups in total. The molecule has 1 aromatic carbocycles. The highest BCUT2D eigenvalue weighted by molar-refractivity contribution is 6.17. The van der Waals surface area contributed by atoms with Crippen LogP contribution in [0.15, 0.2) is 12.1 Å². The average Bonchev–Trinajstić information content (AvgIpc) is 2.21. The molecule has 0 spiro atoms. The minimum Gasteiger partial charge on any atom is -0.481 e. The maximum Gasteiger partial charge on any atom is 0.387 e. The van der Waals surface area contributed by atoms with Gasteiger partial charge >= 0.3 is 12.6 Å². The number of carbonyl (C=O) groups is 1. The second-order valence-corrected chi connectivity index (χ2v) is 3.41. The van der Waals surface area contributed by atoms with Gasteiger partial charge in [0.1, 0.15) is 11.6 Å². The van der Waals surface area contributed by atoms with E-state index in [0.717, 1.165) is 12.1 Å². The van der Waals surface area contributed by atoms with Gasteiger partial charge in [0.25, 0.3) is 0 Å². The summed E-state index contributed by atoms with van der Waals surface area (Å²) < 4.78 is 41.6. The molecule has 0 saturated heterocycles. The summed E-state index contributed by atoms with van der Waals surface area (Å²) in [7, 11) is 0. The summed E-state index contributed by atoms with van der Waals surface area (Å²) in [6, 6.07) is 1.94. The van der Waals surface area contributed by atoms with E-state index in [1.807, 2.05) is 0 Å². The van der Waals surface area contributed by atoms with Crippen molar-refractivity contribution in [2.24, 2.45) is 0 Å². The molecule has 0 amide bonds. The van der Waals surface area contributed by atoms with E-state index in [-0.39, 0.29) is 22.8 Å². The van der Waals surface area contributed by atoms with Crippen LogP contribution < -0.4 is 4.74 Å². The second kappa shape index (κ2) is 5.77. The highest BCUT2D eigenvalue weighted by Gasteiger charge is 2.15. The molecule has 7 heteroatoms. The molecule has 0 aromatic heterocycles. The first-order chi connectivity index (χ1) is 7.93. The van der Waals surface area contributed by atoms with Gasteiger partial charge in [-0.15, -0.1) is 11.6 Å². The van der Waals surface area contributed by atoms with E-state index in [9.17, 15) is 18.0 Å². The number of hydrogen-bond donors (Lipinski definition) is 1. The number of carboxylic acids is 1. The first kappa shape index (κ1) is 13.6. The summed E-state index contributed by atoms with van der Waals surface area (Å²) in [5, 5.41) is 8.54. The van der Waals surface area contributed by atoms with Crippen LogP contribution in [0.3, 0.4) is 0 Å². The molecule has 1 rings (SSSR count). The Hall–Kier alpha value is -1.43. The first-order valence-electron chi connectivity index (χ1n) is 4.48. The second-order valence-electron chi connectivity index (χ2n) is 3.14. The van der Waals surface area contributed by atoms with Gasteiger partial charge in [0.15, 0.2) is 0 Å². The average molecular weight is 269 g/mol. The summed E-state index contributed by atoms with van der Waals surface area (Å²) in [5.74, 6) is -2.67. The van der Waals surface area contributed by atoms with Crippen LogP contribution in [0.5, 0.6) is 5.75 Å². The fraction of sp³-hybridized carbons (Fsp3) is 0.300. The molecule has 0 heterocycles. The fourth-order valence-electron chi connectivity index (χ4n) is 1.28. The van der Waals surface area contributed by atoms with E-state index in [2.05, 4.69) is 4.74 Å². The molecule has 0 atom stereocenters. The van der Waals surface area contributed by atoms with E-state index in [4.69, 9.17) is 16.7 Å². The van der Waals surface area contributed by atoms with Crippen molar-refractivity contribution in [2.45, 2.75) is 18.9 Å². The van der Waals surface area contributed by atoms with Crippen LogP contribution in [0.2, 0.25) is 0 Å². The smallest absolute Gasteiger partial charge is 0.387 e. The summed E-state index contributed by atoms with van der Waals surface area (Å²) in [4.78, 5) is 10.5. The SMILES string of the molecule is O=C(O)Cc1cc(OC(F)F)cc(CCl)c1F. The third kappa shape index (κ3) is 3.81. The number of hydrogen-bond acceptors (Lipinski definition) is 2. The van der Waals surface area contributed by atoms with Crippen LogP contribution in [-0.4, -0.2) is 17.7 Å². The Morgan fingerprint density at radius 3 is 2.47 bits per heavy atom. The molecule has 0 unspecified atom stereocenters. The van der Waals surface area contributed by atoms with Crippen molar-refractivity contribution in [3.63, 3.8) is 0 Å². The monoisotopic (exact) mass is 268 g/mol. The van der Waals surface area contributed by atoms with Crippen molar-refractivity contribution >= 4 is 17.6 Å². The van der Waals surface area contributed by atoms with Crippen molar-refractivity contribution in [2.75, 3.05) is 0 Å². The lowest BCUT2D eigenvalue weighted by molar-refractivity contribution is -0.136. The summed E-state index contributed by atoms with van der Waals surface area (Å²) in [5.41, 5.74) is -0.327. The van der Waals surface area contributed by atoms with Gasteiger partial charge < -0.3 is 9.84 Å². The van der Waals surface area contributed by atoms with E-state index in [1.165, 1.54) is 0 Å². The minimum absolute atomic E-state index is 0.0823. The lowest BCUT2D eigenvalue weighted by atomic mass is 10.1. The molecule has 0 aliphatic heterocycles. The maximum absolute atomic E-state index is 13.6. The van der Waals surface area contributed by atoms with Gasteiger partial charge in [-0.3, -0.25) is 4.79 Å². The van der Waals surface area contributed by atoms with E-state index in [0.29, 0.717) is 0 Å². The van der Waals surface area contributed by atoms with E-state index >= 15 is 0 Å². The first-order valence-corrected chi connectivity index (χ1v) is 5.01. The molecule has 17 heavy (non-hydrogen) atoms. The topological polar surface area (TPSA) is 46.5 Å². The van der Waals surface area contributed by atoms with Gasteiger partial charge in [0.05, 0.1) is 12.3 Å². The third-order valence-corrected chi connectivity index (χ3v) is 2.20. The van der Waals surface area contributed by atoms with E-state index in [1.54, 1.807) is 0 Å². The van der Waals surface area contributed by atoms with Crippen molar-refractivity contribution < 1.29 is 27.8 Å². The number of alkyl halides is 3. The largest absolute Gasteiger partial charge is 0.481 e. The Kier molecular flexibility index (Phi) is 4.62.